The van der Waals surface area contributed by atoms with Gasteiger partial charge in [-0.15, -0.1) is 0 Å². The van der Waals surface area contributed by atoms with E-state index in [1.807, 2.05) is 0 Å². The number of allylic oxidation sites excluding steroid dienone is 2. The van der Waals surface area contributed by atoms with Crippen molar-refractivity contribution in [2.75, 3.05) is 13.2 Å². The number of hydrogen-bond acceptors (Lipinski definition) is 2. The molecule has 62 valence electrons. The van der Waals surface area contributed by atoms with Crippen molar-refractivity contribution in [1.82, 2.24) is 0 Å². The Hall–Kier alpha value is -1.48. The van der Waals surface area contributed by atoms with Gasteiger partial charge in [-0.25, -0.2) is 0 Å². The Morgan fingerprint density at radius 2 is 1.25 bits per heavy atom. The highest BCUT2D eigenvalue weighted by Gasteiger charge is 1.61. The van der Waals surface area contributed by atoms with Gasteiger partial charge >= 0.3 is 0 Å². The van der Waals surface area contributed by atoms with E-state index in [0.29, 0.717) is 0 Å². The van der Waals surface area contributed by atoms with Crippen LogP contribution in [0.3, 0.4) is 0 Å². The SMILES string of the molecule is OC/C=C\C#CC#C/C=C/CO. The van der Waals surface area contributed by atoms with Crippen LogP contribution in [0.4, 0.5) is 0 Å². The molecule has 2 N–H and O–H groups in total. The second-order valence-corrected chi connectivity index (χ2v) is 1.71. The summed E-state index contributed by atoms with van der Waals surface area (Å²) in [5.74, 6) is 10.3. The molecule has 0 bridgehead atoms. The fourth-order valence-electron chi connectivity index (χ4n) is 0.379. The number of rotatable bonds is 2. The lowest BCUT2D eigenvalue weighted by Gasteiger charge is -1.69. The topological polar surface area (TPSA) is 40.5 Å². The second kappa shape index (κ2) is 9.52. The van der Waals surface area contributed by atoms with E-state index in [9.17, 15) is 0 Å². The molecule has 0 aromatic rings. The van der Waals surface area contributed by atoms with Crippen molar-refractivity contribution in [2.24, 2.45) is 0 Å². The van der Waals surface area contributed by atoms with E-state index >= 15 is 0 Å². The van der Waals surface area contributed by atoms with Gasteiger partial charge in [-0.3, -0.25) is 0 Å². The van der Waals surface area contributed by atoms with E-state index in [0.717, 1.165) is 0 Å². The molecule has 0 amide bonds. The third kappa shape index (κ3) is 8.52. The molecule has 0 radical (unpaired) electrons. The first-order chi connectivity index (χ1) is 5.91. The molecule has 0 atom stereocenters. The number of hydrogen-bond donors (Lipinski definition) is 2. The summed E-state index contributed by atoms with van der Waals surface area (Å²) in [6, 6.07) is 0. The molecule has 0 aromatic heterocycles. The van der Waals surface area contributed by atoms with Gasteiger partial charge in [-0.1, -0.05) is 24.0 Å². The second-order valence-electron chi connectivity index (χ2n) is 1.71. The molecule has 2 nitrogen and oxygen atoms in total. The minimum atomic E-state index is -0.00742. The zero-order valence-electron chi connectivity index (χ0n) is 6.62. The smallest absolute Gasteiger partial charge is 0.0621 e. The maximum Gasteiger partial charge on any atom is 0.0621 e. The molecule has 0 heterocycles. The summed E-state index contributed by atoms with van der Waals surface area (Å²) < 4.78 is 0. The molecule has 12 heavy (non-hydrogen) atoms. The third-order valence-electron chi connectivity index (χ3n) is 0.820. The largest absolute Gasteiger partial charge is 0.392 e. The Kier molecular flexibility index (Phi) is 8.35. The van der Waals surface area contributed by atoms with Crippen molar-refractivity contribution in [1.29, 1.82) is 0 Å². The first kappa shape index (κ1) is 10.5. The summed E-state index contributed by atoms with van der Waals surface area (Å²) in [4.78, 5) is 0. The van der Waals surface area contributed by atoms with Crippen molar-refractivity contribution in [2.45, 2.75) is 0 Å². The molecule has 0 spiro atoms. The lowest BCUT2D eigenvalue weighted by atomic mass is 10.4. The fraction of sp³-hybridized carbons (Fsp3) is 0.200. The molecular formula is C10H10O2. The molecule has 0 unspecified atom stereocenters. The zero-order valence-corrected chi connectivity index (χ0v) is 6.62. The molecule has 0 saturated carbocycles. The number of aliphatic hydroxyl groups is 2. The molecule has 0 saturated heterocycles. The minimum absolute atomic E-state index is 0.00742. The van der Waals surface area contributed by atoms with E-state index in [1.165, 1.54) is 24.3 Å². The van der Waals surface area contributed by atoms with E-state index in [4.69, 9.17) is 10.2 Å². The van der Waals surface area contributed by atoms with Crippen LogP contribution in [0, 0.1) is 23.7 Å². The highest BCUT2D eigenvalue weighted by atomic mass is 16.3. The van der Waals surface area contributed by atoms with Crippen molar-refractivity contribution < 1.29 is 10.2 Å². The minimum Gasteiger partial charge on any atom is -0.392 e. The molecule has 0 aliphatic rings. The zero-order chi connectivity index (χ0) is 9.07. The van der Waals surface area contributed by atoms with E-state index in [2.05, 4.69) is 23.7 Å². The highest BCUT2D eigenvalue weighted by molar-refractivity contribution is 5.33. The average molecular weight is 162 g/mol. The van der Waals surface area contributed by atoms with Gasteiger partial charge in [0.25, 0.3) is 0 Å². The summed E-state index contributed by atoms with van der Waals surface area (Å²) in [6.07, 6.45) is 6.12. The van der Waals surface area contributed by atoms with Gasteiger partial charge in [-0.05, 0) is 24.0 Å². The van der Waals surface area contributed by atoms with Crippen LogP contribution in [-0.2, 0) is 0 Å². The highest BCUT2D eigenvalue weighted by Crippen LogP contribution is 1.67. The van der Waals surface area contributed by atoms with Gasteiger partial charge in [0.1, 0.15) is 0 Å². The molecule has 0 aromatic carbocycles. The normalized spacial score (nSPS) is 9.17. The van der Waals surface area contributed by atoms with Gasteiger partial charge in [0.05, 0.1) is 13.2 Å². The van der Waals surface area contributed by atoms with Crippen LogP contribution in [0.5, 0.6) is 0 Å². The van der Waals surface area contributed by atoms with Crippen LogP contribution in [0.1, 0.15) is 0 Å². The van der Waals surface area contributed by atoms with Crippen molar-refractivity contribution in [3.8, 4) is 23.7 Å². The van der Waals surface area contributed by atoms with Gasteiger partial charge in [0.2, 0.25) is 0 Å². The molecular weight excluding hydrogens is 152 g/mol. The fourth-order valence-corrected chi connectivity index (χ4v) is 0.379. The van der Waals surface area contributed by atoms with Gasteiger partial charge in [0, 0.05) is 0 Å². The summed E-state index contributed by atoms with van der Waals surface area (Å²) in [5, 5.41) is 16.6. The van der Waals surface area contributed by atoms with E-state index < -0.39 is 0 Å². The summed E-state index contributed by atoms with van der Waals surface area (Å²) in [6.45, 7) is -0.0148. The summed E-state index contributed by atoms with van der Waals surface area (Å²) in [7, 11) is 0. The summed E-state index contributed by atoms with van der Waals surface area (Å²) >= 11 is 0. The van der Waals surface area contributed by atoms with Crippen LogP contribution in [-0.4, -0.2) is 23.4 Å². The Morgan fingerprint density at radius 3 is 1.58 bits per heavy atom. The molecule has 0 aliphatic carbocycles. The summed E-state index contributed by atoms with van der Waals surface area (Å²) in [5.41, 5.74) is 0. The Bertz CT molecular complexity index is 236. The Morgan fingerprint density at radius 1 is 0.833 bits per heavy atom. The molecule has 2 heteroatoms. The van der Waals surface area contributed by atoms with Crippen molar-refractivity contribution in [3.05, 3.63) is 24.3 Å². The maximum absolute atomic E-state index is 8.31. The standard InChI is InChI=1S/C10H10O2/c11-9-7-5-3-1-2-4-6-8-10-12/h5-8,11-12H,9-10H2/b7-5-,8-6+. The van der Waals surface area contributed by atoms with Gasteiger partial charge in [0.15, 0.2) is 0 Å². The Balaban J connectivity index is 3.73. The van der Waals surface area contributed by atoms with Crippen LogP contribution in [0.2, 0.25) is 0 Å². The third-order valence-corrected chi connectivity index (χ3v) is 0.820. The quantitative estimate of drug-likeness (QED) is 0.565. The molecule has 0 rings (SSSR count). The predicted molar refractivity (Wildman–Crippen MR) is 48.0 cm³/mol. The first-order valence-electron chi connectivity index (χ1n) is 3.44. The predicted octanol–water partition coefficient (Wildman–Crippen LogP) is 0.0902. The first-order valence-corrected chi connectivity index (χ1v) is 3.44. The lowest BCUT2D eigenvalue weighted by molar-refractivity contribution is 0.342. The van der Waals surface area contributed by atoms with Gasteiger partial charge in [-0.2, -0.15) is 0 Å². The van der Waals surface area contributed by atoms with Gasteiger partial charge < -0.3 is 10.2 Å². The van der Waals surface area contributed by atoms with Crippen LogP contribution in [0.25, 0.3) is 0 Å². The Labute approximate surface area is 72.2 Å². The van der Waals surface area contributed by atoms with Crippen LogP contribution in [0.15, 0.2) is 24.3 Å². The lowest BCUT2D eigenvalue weighted by Crippen LogP contribution is -1.68. The van der Waals surface area contributed by atoms with Crippen LogP contribution < -0.4 is 0 Å². The van der Waals surface area contributed by atoms with E-state index in [1.54, 1.807) is 0 Å². The molecule has 0 aliphatic heterocycles. The maximum atomic E-state index is 8.31. The van der Waals surface area contributed by atoms with Crippen molar-refractivity contribution >= 4 is 0 Å². The van der Waals surface area contributed by atoms with Crippen molar-refractivity contribution in [3.63, 3.8) is 0 Å². The van der Waals surface area contributed by atoms with E-state index in [-0.39, 0.29) is 13.2 Å². The number of aliphatic hydroxyl groups excluding tert-OH is 2. The monoisotopic (exact) mass is 162 g/mol. The van der Waals surface area contributed by atoms with Crippen LogP contribution >= 0.6 is 0 Å². The molecule has 0 fully saturated rings. The average Bonchev–Trinajstić information content (AvgIpc) is 2.10.